The van der Waals surface area contributed by atoms with E-state index in [4.69, 9.17) is 14.2 Å². The third-order valence-corrected chi connectivity index (χ3v) is 4.50. The van der Waals surface area contributed by atoms with Crippen molar-refractivity contribution < 1.29 is 19.3 Å². The van der Waals surface area contributed by atoms with Gasteiger partial charge in [-0.15, -0.1) is 0 Å². The predicted octanol–water partition coefficient (Wildman–Crippen LogP) is 3.06. The Bertz CT molecular complexity index is 725. The molecule has 0 amide bonds. The molecule has 1 fully saturated rings. The normalized spacial score (nSPS) is 18.9. The Balaban J connectivity index is 1.48. The van der Waals surface area contributed by atoms with E-state index in [0.717, 1.165) is 54.2 Å². The molecule has 0 radical (unpaired) electrons. The van der Waals surface area contributed by atoms with Gasteiger partial charge in [0.05, 0.1) is 6.10 Å². The van der Waals surface area contributed by atoms with Crippen LogP contribution in [0.5, 0.6) is 17.2 Å². The smallest absolute Gasteiger partial charge is 0.231 e. The Morgan fingerprint density at radius 2 is 1.88 bits per heavy atom. The van der Waals surface area contributed by atoms with Gasteiger partial charge in [-0.3, -0.25) is 0 Å². The van der Waals surface area contributed by atoms with Crippen LogP contribution in [0.3, 0.4) is 0 Å². The van der Waals surface area contributed by atoms with E-state index in [2.05, 4.69) is 5.32 Å². The minimum absolute atomic E-state index is 0.271. The maximum atomic E-state index is 10.1. The van der Waals surface area contributed by atoms with Crippen molar-refractivity contribution in [1.29, 1.82) is 0 Å². The molecule has 126 valence electrons. The van der Waals surface area contributed by atoms with Crippen molar-refractivity contribution in [3.63, 3.8) is 0 Å². The molecule has 24 heavy (non-hydrogen) atoms. The number of benzene rings is 2. The summed E-state index contributed by atoms with van der Waals surface area (Å²) in [5.74, 6) is 1.84. The van der Waals surface area contributed by atoms with Gasteiger partial charge in [0.1, 0.15) is 5.75 Å². The van der Waals surface area contributed by atoms with Crippen LogP contribution in [0.4, 0.5) is 0 Å². The maximum absolute atomic E-state index is 10.1. The van der Waals surface area contributed by atoms with Crippen molar-refractivity contribution in [2.24, 2.45) is 0 Å². The number of fused-ring (bicyclic) bond motifs is 1. The lowest BCUT2D eigenvalue weighted by Crippen LogP contribution is -2.25. The van der Waals surface area contributed by atoms with Crippen LogP contribution < -0.4 is 14.8 Å². The van der Waals surface area contributed by atoms with Gasteiger partial charge in [0.2, 0.25) is 6.79 Å². The van der Waals surface area contributed by atoms with Gasteiger partial charge < -0.3 is 24.6 Å². The van der Waals surface area contributed by atoms with E-state index < -0.39 is 0 Å². The molecule has 5 nitrogen and oxygen atoms in total. The van der Waals surface area contributed by atoms with E-state index in [1.54, 1.807) is 6.07 Å². The van der Waals surface area contributed by atoms with Crippen molar-refractivity contribution >= 4 is 0 Å². The van der Waals surface area contributed by atoms with Crippen molar-refractivity contribution in [3.05, 3.63) is 42.0 Å². The molecule has 0 aliphatic carbocycles. The van der Waals surface area contributed by atoms with Crippen molar-refractivity contribution in [3.8, 4) is 28.4 Å². The lowest BCUT2D eigenvalue weighted by atomic mass is 10.0. The molecule has 4 rings (SSSR count). The summed E-state index contributed by atoms with van der Waals surface area (Å²) in [6, 6.07) is 11.6. The monoisotopic (exact) mass is 327 g/mol. The van der Waals surface area contributed by atoms with E-state index in [1.165, 1.54) is 0 Å². The lowest BCUT2D eigenvalue weighted by Gasteiger charge is -2.13. The summed E-state index contributed by atoms with van der Waals surface area (Å²) in [6.45, 7) is 2.56. The highest BCUT2D eigenvalue weighted by atomic mass is 16.7. The highest BCUT2D eigenvalue weighted by Crippen LogP contribution is 2.36. The fourth-order valence-corrected chi connectivity index (χ4v) is 3.16. The fraction of sp³-hybridized carbons (Fsp3) is 0.368. The second kappa shape index (κ2) is 6.71. The number of phenols is 1. The molecule has 0 saturated carbocycles. The molecule has 0 aromatic heterocycles. The van der Waals surface area contributed by atoms with Crippen LogP contribution in [-0.4, -0.2) is 31.2 Å². The molecule has 1 saturated heterocycles. The topological polar surface area (TPSA) is 60.0 Å². The third-order valence-electron chi connectivity index (χ3n) is 4.50. The maximum Gasteiger partial charge on any atom is 0.231 e. The largest absolute Gasteiger partial charge is 0.508 e. The zero-order chi connectivity index (χ0) is 16.4. The van der Waals surface area contributed by atoms with Gasteiger partial charge in [0.15, 0.2) is 11.5 Å². The summed E-state index contributed by atoms with van der Waals surface area (Å²) in [5, 5.41) is 13.5. The van der Waals surface area contributed by atoms with Crippen LogP contribution in [0, 0.1) is 0 Å². The lowest BCUT2D eigenvalue weighted by molar-refractivity contribution is 0.110. The quantitative estimate of drug-likeness (QED) is 0.884. The summed E-state index contributed by atoms with van der Waals surface area (Å²) in [6.07, 6.45) is 2.54. The Hall–Kier alpha value is -2.24. The number of nitrogens with one attached hydrogen (secondary N) is 1. The van der Waals surface area contributed by atoms with Crippen LogP contribution in [0.15, 0.2) is 36.4 Å². The van der Waals surface area contributed by atoms with Gasteiger partial charge in [-0.1, -0.05) is 12.1 Å². The first-order chi connectivity index (χ1) is 11.8. The third kappa shape index (κ3) is 3.18. The Morgan fingerprint density at radius 3 is 2.75 bits per heavy atom. The minimum Gasteiger partial charge on any atom is -0.508 e. The molecule has 1 atom stereocenters. The molecular formula is C19H21NO4. The molecule has 5 heteroatoms. The number of ether oxygens (including phenoxy) is 3. The van der Waals surface area contributed by atoms with Crippen LogP contribution in [0.25, 0.3) is 11.1 Å². The summed E-state index contributed by atoms with van der Waals surface area (Å²) in [7, 11) is 0. The average molecular weight is 327 g/mol. The van der Waals surface area contributed by atoms with Crippen LogP contribution >= 0.6 is 0 Å². The molecule has 2 aliphatic rings. The second-order valence-corrected chi connectivity index (χ2v) is 6.18. The molecular weight excluding hydrogens is 306 g/mol. The number of aromatic hydroxyl groups is 1. The van der Waals surface area contributed by atoms with E-state index in [1.807, 2.05) is 30.3 Å². The first kappa shape index (κ1) is 15.3. The molecule has 2 N–H and O–H groups in total. The standard InChI is InChI=1S/C19H21NO4/c21-17-5-3-13(14-4-6-18-19(9-14)24-12-23-18)8-15(17)10-20-11-16-2-1-7-22-16/h3-6,8-9,16,20-21H,1-2,7,10-12H2/t16-/m0/s1. The van der Waals surface area contributed by atoms with E-state index in [0.29, 0.717) is 18.4 Å². The molecule has 2 heterocycles. The highest BCUT2D eigenvalue weighted by Gasteiger charge is 2.16. The van der Waals surface area contributed by atoms with Gasteiger partial charge in [-0.25, -0.2) is 0 Å². The predicted molar refractivity (Wildman–Crippen MR) is 90.3 cm³/mol. The number of hydrogen-bond acceptors (Lipinski definition) is 5. The molecule has 0 spiro atoms. The zero-order valence-electron chi connectivity index (χ0n) is 13.5. The van der Waals surface area contributed by atoms with Crippen LogP contribution in [-0.2, 0) is 11.3 Å². The van der Waals surface area contributed by atoms with Gasteiger partial charge >= 0.3 is 0 Å². The Morgan fingerprint density at radius 1 is 1.04 bits per heavy atom. The highest BCUT2D eigenvalue weighted by molar-refractivity contribution is 5.69. The molecule has 0 unspecified atom stereocenters. The Labute approximate surface area is 141 Å². The van der Waals surface area contributed by atoms with Crippen LogP contribution in [0.1, 0.15) is 18.4 Å². The number of rotatable bonds is 5. The van der Waals surface area contributed by atoms with Crippen molar-refractivity contribution in [2.75, 3.05) is 19.9 Å². The van der Waals surface area contributed by atoms with Crippen molar-refractivity contribution in [2.45, 2.75) is 25.5 Å². The first-order valence-corrected chi connectivity index (χ1v) is 8.34. The van der Waals surface area contributed by atoms with E-state index >= 15 is 0 Å². The summed E-state index contributed by atoms with van der Waals surface area (Å²) in [5.41, 5.74) is 2.96. The second-order valence-electron chi connectivity index (χ2n) is 6.18. The Kier molecular flexibility index (Phi) is 4.28. The minimum atomic E-state index is 0.271. The molecule has 2 aromatic rings. The van der Waals surface area contributed by atoms with Crippen LogP contribution in [0.2, 0.25) is 0 Å². The number of phenolic OH excluding ortho intramolecular Hbond substituents is 1. The number of hydrogen-bond donors (Lipinski definition) is 2. The molecule has 2 aromatic carbocycles. The van der Waals surface area contributed by atoms with E-state index in [9.17, 15) is 5.11 Å². The van der Waals surface area contributed by atoms with Gasteiger partial charge in [0, 0.05) is 25.3 Å². The van der Waals surface area contributed by atoms with Gasteiger partial charge in [0.25, 0.3) is 0 Å². The summed E-state index contributed by atoms with van der Waals surface area (Å²) >= 11 is 0. The summed E-state index contributed by atoms with van der Waals surface area (Å²) < 4.78 is 16.4. The van der Waals surface area contributed by atoms with Crippen molar-refractivity contribution in [1.82, 2.24) is 5.32 Å². The summed E-state index contributed by atoms with van der Waals surface area (Å²) in [4.78, 5) is 0. The molecule has 2 aliphatic heterocycles. The molecule has 0 bridgehead atoms. The SMILES string of the molecule is Oc1ccc(-c2ccc3c(c2)OCO3)cc1CNC[C@@H]1CCCO1. The van der Waals surface area contributed by atoms with Gasteiger partial charge in [-0.05, 0) is 48.2 Å². The van der Waals surface area contributed by atoms with Gasteiger partial charge in [-0.2, -0.15) is 0 Å². The van der Waals surface area contributed by atoms with E-state index in [-0.39, 0.29) is 6.79 Å². The first-order valence-electron chi connectivity index (χ1n) is 8.34. The average Bonchev–Trinajstić information content (AvgIpc) is 3.27. The zero-order valence-corrected chi connectivity index (χ0v) is 13.5. The fourth-order valence-electron chi connectivity index (χ4n) is 3.16.